The van der Waals surface area contributed by atoms with Crippen LogP contribution in [0.1, 0.15) is 17.5 Å². The zero-order chi connectivity index (χ0) is 19.9. The van der Waals surface area contributed by atoms with Gasteiger partial charge in [0.1, 0.15) is 11.7 Å². The van der Waals surface area contributed by atoms with Crippen LogP contribution in [0.25, 0.3) is 11.5 Å². The number of carbonyl (C=O) groups is 1. The summed E-state index contributed by atoms with van der Waals surface area (Å²) in [4.78, 5) is 21.4. The smallest absolute Gasteiger partial charge is 0.243 e. The van der Waals surface area contributed by atoms with Crippen LogP contribution in [0.5, 0.6) is 0 Å². The number of hydrogen-bond donors (Lipinski definition) is 1. The van der Waals surface area contributed by atoms with Crippen molar-refractivity contribution in [2.24, 2.45) is 0 Å². The molecular weight excluding hydrogens is 366 g/mol. The lowest BCUT2D eigenvalue weighted by molar-refractivity contribution is -0.124. The van der Waals surface area contributed by atoms with Crippen LogP contribution in [0, 0.1) is 0 Å². The van der Waals surface area contributed by atoms with E-state index in [1.807, 2.05) is 77.6 Å². The molecule has 146 valence electrons. The topological polar surface area (TPSA) is 85.8 Å². The maximum atomic E-state index is 12.9. The number of benzene rings is 1. The fourth-order valence-corrected chi connectivity index (χ4v) is 3.09. The highest BCUT2D eigenvalue weighted by molar-refractivity contribution is 5.80. The van der Waals surface area contributed by atoms with Gasteiger partial charge in [0.05, 0.1) is 0 Å². The van der Waals surface area contributed by atoms with Gasteiger partial charge in [0.2, 0.25) is 17.6 Å². The van der Waals surface area contributed by atoms with Crippen molar-refractivity contribution in [2.45, 2.75) is 18.9 Å². The minimum Gasteiger partial charge on any atom is -0.354 e. The van der Waals surface area contributed by atoms with E-state index >= 15 is 0 Å². The predicted molar refractivity (Wildman–Crippen MR) is 108 cm³/mol. The van der Waals surface area contributed by atoms with E-state index in [9.17, 15) is 4.79 Å². The SMILES string of the molecule is O=C(NCCc1nc(-c2ccccn2)no1)[C@H](Cc1ccccc1)n1cccc1. The van der Waals surface area contributed by atoms with Gasteiger partial charge in [0.25, 0.3) is 0 Å². The molecule has 4 rings (SSSR count). The predicted octanol–water partition coefficient (Wildman–Crippen LogP) is 3.08. The van der Waals surface area contributed by atoms with Crippen molar-refractivity contribution >= 4 is 5.91 Å². The molecule has 4 aromatic rings. The Labute approximate surface area is 168 Å². The summed E-state index contributed by atoms with van der Waals surface area (Å²) in [6, 6.07) is 19.0. The monoisotopic (exact) mass is 387 g/mol. The van der Waals surface area contributed by atoms with Crippen LogP contribution in [0.2, 0.25) is 0 Å². The standard InChI is InChI=1S/C22H21N5O2/c28-22(19(27-14-6-7-15-27)16-17-8-2-1-3-9-17)24-13-11-20-25-21(26-29-20)18-10-4-5-12-23-18/h1-10,12,14-15,19H,11,13,16H2,(H,24,28)/t19-/m0/s1. The van der Waals surface area contributed by atoms with Gasteiger partial charge in [-0.1, -0.05) is 41.6 Å². The summed E-state index contributed by atoms with van der Waals surface area (Å²) >= 11 is 0. The van der Waals surface area contributed by atoms with E-state index in [0.717, 1.165) is 5.56 Å². The second-order valence-corrected chi connectivity index (χ2v) is 6.60. The molecule has 1 atom stereocenters. The molecule has 0 saturated heterocycles. The van der Waals surface area contributed by atoms with Gasteiger partial charge in [-0.25, -0.2) is 0 Å². The first kappa shape index (κ1) is 18.6. The molecule has 0 aliphatic rings. The zero-order valence-electron chi connectivity index (χ0n) is 15.8. The second-order valence-electron chi connectivity index (χ2n) is 6.60. The molecule has 0 radical (unpaired) electrons. The molecule has 0 aliphatic heterocycles. The van der Waals surface area contributed by atoms with Crippen LogP contribution in [0.4, 0.5) is 0 Å². The Morgan fingerprint density at radius 3 is 2.59 bits per heavy atom. The number of rotatable bonds is 8. The number of aromatic nitrogens is 4. The van der Waals surface area contributed by atoms with Crippen molar-refractivity contribution in [1.29, 1.82) is 0 Å². The summed E-state index contributed by atoms with van der Waals surface area (Å²) in [7, 11) is 0. The molecule has 1 amide bonds. The molecule has 7 nitrogen and oxygen atoms in total. The molecule has 3 heterocycles. The second kappa shape index (κ2) is 8.97. The van der Waals surface area contributed by atoms with Crippen LogP contribution in [0.15, 0.2) is 83.8 Å². The number of hydrogen-bond acceptors (Lipinski definition) is 5. The summed E-state index contributed by atoms with van der Waals surface area (Å²) in [6.07, 6.45) is 6.56. The van der Waals surface area contributed by atoms with Gasteiger partial charge in [-0.05, 0) is 29.8 Å². The number of amides is 1. The molecule has 0 fully saturated rings. The zero-order valence-corrected chi connectivity index (χ0v) is 15.8. The number of carbonyl (C=O) groups excluding carboxylic acids is 1. The molecule has 29 heavy (non-hydrogen) atoms. The lowest BCUT2D eigenvalue weighted by atomic mass is 10.1. The average Bonchev–Trinajstić information content (AvgIpc) is 3.46. The molecule has 7 heteroatoms. The largest absolute Gasteiger partial charge is 0.354 e. The van der Waals surface area contributed by atoms with Crippen molar-refractivity contribution in [3.63, 3.8) is 0 Å². The van der Waals surface area contributed by atoms with Crippen LogP contribution in [-0.4, -0.2) is 32.1 Å². The van der Waals surface area contributed by atoms with Gasteiger partial charge in [0, 0.05) is 38.0 Å². The maximum Gasteiger partial charge on any atom is 0.243 e. The molecule has 0 aliphatic carbocycles. The molecule has 0 saturated carbocycles. The quantitative estimate of drug-likeness (QED) is 0.502. The highest BCUT2D eigenvalue weighted by Gasteiger charge is 2.20. The van der Waals surface area contributed by atoms with E-state index in [2.05, 4.69) is 20.4 Å². The summed E-state index contributed by atoms with van der Waals surface area (Å²) in [5.41, 5.74) is 1.76. The summed E-state index contributed by atoms with van der Waals surface area (Å²) in [5.74, 6) is 0.863. The van der Waals surface area contributed by atoms with E-state index in [-0.39, 0.29) is 11.9 Å². The molecule has 0 unspecified atom stereocenters. The van der Waals surface area contributed by atoms with Crippen LogP contribution < -0.4 is 5.32 Å². The first-order chi connectivity index (χ1) is 14.3. The molecular formula is C22H21N5O2. The first-order valence-electron chi connectivity index (χ1n) is 9.47. The van der Waals surface area contributed by atoms with Gasteiger partial charge >= 0.3 is 0 Å². The van der Waals surface area contributed by atoms with E-state index in [0.29, 0.717) is 36.8 Å². The van der Waals surface area contributed by atoms with Gasteiger partial charge in [-0.15, -0.1) is 0 Å². The van der Waals surface area contributed by atoms with Crippen LogP contribution >= 0.6 is 0 Å². The first-order valence-corrected chi connectivity index (χ1v) is 9.47. The molecule has 3 aromatic heterocycles. The van der Waals surface area contributed by atoms with Crippen molar-refractivity contribution in [1.82, 2.24) is 25.0 Å². The minimum absolute atomic E-state index is 0.0467. The molecule has 1 N–H and O–H groups in total. The molecule has 0 bridgehead atoms. The third-order valence-corrected chi connectivity index (χ3v) is 4.56. The Hall–Kier alpha value is -3.74. The lowest BCUT2D eigenvalue weighted by Crippen LogP contribution is -2.34. The Morgan fingerprint density at radius 1 is 1.03 bits per heavy atom. The molecule has 1 aromatic carbocycles. The van der Waals surface area contributed by atoms with E-state index in [1.165, 1.54) is 0 Å². The minimum atomic E-state index is -0.320. The number of nitrogens with one attached hydrogen (secondary N) is 1. The number of nitrogens with zero attached hydrogens (tertiary/aromatic N) is 4. The van der Waals surface area contributed by atoms with E-state index in [4.69, 9.17) is 4.52 Å². The van der Waals surface area contributed by atoms with Crippen molar-refractivity contribution < 1.29 is 9.32 Å². The van der Waals surface area contributed by atoms with Gasteiger partial charge < -0.3 is 14.4 Å². The summed E-state index contributed by atoms with van der Waals surface area (Å²) < 4.78 is 7.20. The maximum absolute atomic E-state index is 12.9. The number of pyridine rings is 1. The normalized spacial score (nSPS) is 11.9. The van der Waals surface area contributed by atoms with Crippen LogP contribution in [0.3, 0.4) is 0 Å². The Kier molecular flexibility index (Phi) is 5.76. The molecule has 0 spiro atoms. The van der Waals surface area contributed by atoms with Crippen LogP contribution in [-0.2, 0) is 17.6 Å². The van der Waals surface area contributed by atoms with Crippen molar-refractivity contribution in [3.05, 3.63) is 90.7 Å². The Balaban J connectivity index is 1.36. The third-order valence-electron chi connectivity index (χ3n) is 4.56. The van der Waals surface area contributed by atoms with Gasteiger partial charge in [-0.2, -0.15) is 4.98 Å². The van der Waals surface area contributed by atoms with E-state index in [1.54, 1.807) is 6.20 Å². The lowest BCUT2D eigenvalue weighted by Gasteiger charge is -2.18. The third kappa shape index (κ3) is 4.76. The Bertz CT molecular complexity index is 1030. The van der Waals surface area contributed by atoms with E-state index < -0.39 is 0 Å². The van der Waals surface area contributed by atoms with Crippen molar-refractivity contribution in [2.75, 3.05) is 6.54 Å². The fraction of sp³-hybridized carbons (Fsp3) is 0.182. The Morgan fingerprint density at radius 2 is 1.83 bits per heavy atom. The highest BCUT2D eigenvalue weighted by atomic mass is 16.5. The summed E-state index contributed by atoms with van der Waals surface area (Å²) in [6.45, 7) is 0.412. The highest BCUT2D eigenvalue weighted by Crippen LogP contribution is 2.16. The van der Waals surface area contributed by atoms with Crippen molar-refractivity contribution in [3.8, 4) is 11.5 Å². The summed E-state index contributed by atoms with van der Waals surface area (Å²) in [5, 5.41) is 6.94. The van der Waals surface area contributed by atoms with Gasteiger partial charge in [-0.3, -0.25) is 9.78 Å². The van der Waals surface area contributed by atoms with Gasteiger partial charge in [0.15, 0.2) is 0 Å². The average molecular weight is 387 g/mol. The fourth-order valence-electron chi connectivity index (χ4n) is 3.09.